The van der Waals surface area contributed by atoms with Crippen molar-refractivity contribution in [1.29, 1.82) is 0 Å². The number of aryl methyl sites for hydroxylation is 1. The van der Waals surface area contributed by atoms with Gasteiger partial charge in [0.25, 0.3) is 5.91 Å². The standard InChI is InChI=1S/C15H15N5O4/c1-20-7-6-10(19-20)13(21)16-15-18-17-14(24-15)9-4-5-11(22-2)12(8-9)23-3/h4-8H,1-3H3,(H,16,18,21). The molecule has 1 amide bonds. The molecule has 124 valence electrons. The second-order valence-electron chi connectivity index (χ2n) is 4.81. The summed E-state index contributed by atoms with van der Waals surface area (Å²) in [4.78, 5) is 12.0. The minimum Gasteiger partial charge on any atom is -0.493 e. The van der Waals surface area contributed by atoms with E-state index in [1.54, 1.807) is 44.6 Å². The van der Waals surface area contributed by atoms with Crippen molar-refractivity contribution >= 4 is 11.9 Å². The first-order chi connectivity index (χ1) is 11.6. The van der Waals surface area contributed by atoms with E-state index in [9.17, 15) is 4.79 Å². The van der Waals surface area contributed by atoms with Crippen LogP contribution in [0.2, 0.25) is 0 Å². The monoisotopic (exact) mass is 329 g/mol. The molecule has 3 rings (SSSR count). The maximum atomic E-state index is 12.0. The first kappa shape index (κ1) is 15.5. The first-order valence-electron chi connectivity index (χ1n) is 6.97. The summed E-state index contributed by atoms with van der Waals surface area (Å²) in [6.45, 7) is 0. The van der Waals surface area contributed by atoms with Crippen LogP contribution >= 0.6 is 0 Å². The minimum atomic E-state index is -0.432. The van der Waals surface area contributed by atoms with Gasteiger partial charge in [-0.1, -0.05) is 5.10 Å². The topological polar surface area (TPSA) is 104 Å². The smallest absolute Gasteiger partial charge is 0.322 e. The summed E-state index contributed by atoms with van der Waals surface area (Å²) in [5.41, 5.74) is 0.891. The molecule has 24 heavy (non-hydrogen) atoms. The van der Waals surface area contributed by atoms with Crippen molar-refractivity contribution < 1.29 is 18.7 Å². The van der Waals surface area contributed by atoms with Gasteiger partial charge >= 0.3 is 6.01 Å². The number of ether oxygens (including phenoxy) is 2. The van der Waals surface area contributed by atoms with Crippen LogP contribution in [0.3, 0.4) is 0 Å². The maximum Gasteiger partial charge on any atom is 0.322 e. The Morgan fingerprint density at radius 1 is 1.17 bits per heavy atom. The molecule has 0 aliphatic rings. The summed E-state index contributed by atoms with van der Waals surface area (Å²) < 4.78 is 17.4. The predicted molar refractivity (Wildman–Crippen MR) is 84.0 cm³/mol. The summed E-state index contributed by atoms with van der Waals surface area (Å²) in [6, 6.07) is 6.75. The average Bonchev–Trinajstić information content (AvgIpc) is 3.23. The summed E-state index contributed by atoms with van der Waals surface area (Å²) in [5.74, 6) is 0.933. The van der Waals surface area contributed by atoms with E-state index < -0.39 is 5.91 Å². The number of amides is 1. The van der Waals surface area contributed by atoms with Crippen LogP contribution < -0.4 is 14.8 Å². The van der Waals surface area contributed by atoms with E-state index >= 15 is 0 Å². The molecule has 3 aromatic rings. The highest BCUT2D eigenvalue weighted by atomic mass is 16.5. The molecule has 2 heterocycles. The third-order valence-electron chi connectivity index (χ3n) is 3.22. The Morgan fingerprint density at radius 3 is 2.62 bits per heavy atom. The quantitative estimate of drug-likeness (QED) is 0.760. The molecular weight excluding hydrogens is 314 g/mol. The normalized spacial score (nSPS) is 10.5. The molecule has 1 N–H and O–H groups in total. The van der Waals surface area contributed by atoms with Gasteiger partial charge in [-0.15, -0.1) is 5.10 Å². The van der Waals surface area contributed by atoms with Crippen LogP contribution in [0.5, 0.6) is 11.5 Å². The Bertz CT molecular complexity index is 870. The number of hydrogen-bond acceptors (Lipinski definition) is 7. The molecule has 0 aliphatic carbocycles. The van der Waals surface area contributed by atoms with E-state index in [-0.39, 0.29) is 17.6 Å². The van der Waals surface area contributed by atoms with Crippen LogP contribution in [-0.2, 0) is 7.05 Å². The third-order valence-corrected chi connectivity index (χ3v) is 3.22. The number of methoxy groups -OCH3 is 2. The van der Waals surface area contributed by atoms with Crippen LogP contribution in [0.25, 0.3) is 11.5 Å². The zero-order valence-corrected chi connectivity index (χ0v) is 13.3. The zero-order valence-electron chi connectivity index (χ0n) is 13.3. The largest absolute Gasteiger partial charge is 0.493 e. The van der Waals surface area contributed by atoms with Gasteiger partial charge in [-0.05, 0) is 24.3 Å². The first-order valence-corrected chi connectivity index (χ1v) is 6.97. The van der Waals surface area contributed by atoms with E-state index in [2.05, 4.69) is 20.6 Å². The SMILES string of the molecule is COc1ccc(-c2nnc(NC(=O)c3ccn(C)n3)o2)cc1OC. The highest BCUT2D eigenvalue weighted by Crippen LogP contribution is 2.32. The molecule has 0 atom stereocenters. The average molecular weight is 329 g/mol. The molecule has 2 aromatic heterocycles. The predicted octanol–water partition coefficient (Wildman–Crippen LogP) is 1.74. The van der Waals surface area contributed by atoms with E-state index in [0.29, 0.717) is 17.1 Å². The van der Waals surface area contributed by atoms with Crippen LogP contribution in [0.1, 0.15) is 10.5 Å². The lowest BCUT2D eigenvalue weighted by atomic mass is 10.2. The third kappa shape index (κ3) is 3.05. The Balaban J connectivity index is 1.79. The Hall–Kier alpha value is -3.36. The summed E-state index contributed by atoms with van der Waals surface area (Å²) >= 11 is 0. The van der Waals surface area contributed by atoms with Gasteiger partial charge < -0.3 is 13.9 Å². The number of nitrogens with zero attached hydrogens (tertiary/aromatic N) is 4. The van der Waals surface area contributed by atoms with E-state index in [0.717, 1.165) is 0 Å². The van der Waals surface area contributed by atoms with Gasteiger partial charge in [0.2, 0.25) is 5.89 Å². The molecule has 1 aromatic carbocycles. The molecule has 0 unspecified atom stereocenters. The molecule has 9 nitrogen and oxygen atoms in total. The molecule has 0 saturated carbocycles. The Morgan fingerprint density at radius 2 is 1.96 bits per heavy atom. The fraction of sp³-hybridized carbons (Fsp3) is 0.200. The van der Waals surface area contributed by atoms with Gasteiger partial charge in [-0.3, -0.25) is 14.8 Å². The number of nitrogens with one attached hydrogen (secondary N) is 1. The molecule has 0 saturated heterocycles. The Kier molecular flexibility index (Phi) is 4.15. The van der Waals surface area contributed by atoms with Crippen molar-refractivity contribution in [2.24, 2.45) is 7.05 Å². The van der Waals surface area contributed by atoms with Gasteiger partial charge in [0.05, 0.1) is 14.2 Å². The molecule has 0 fully saturated rings. The van der Waals surface area contributed by atoms with Gasteiger partial charge in [0.15, 0.2) is 17.2 Å². The van der Waals surface area contributed by atoms with Crippen molar-refractivity contribution in [3.8, 4) is 23.0 Å². The van der Waals surface area contributed by atoms with Gasteiger partial charge in [-0.2, -0.15) is 5.10 Å². The summed E-state index contributed by atoms with van der Waals surface area (Å²) in [5, 5.41) is 14.2. The van der Waals surface area contributed by atoms with Gasteiger partial charge in [0, 0.05) is 18.8 Å². The molecule has 0 radical (unpaired) electrons. The van der Waals surface area contributed by atoms with Crippen molar-refractivity contribution in [3.05, 3.63) is 36.2 Å². The summed E-state index contributed by atoms with van der Waals surface area (Å²) in [6.07, 6.45) is 1.66. The van der Waals surface area contributed by atoms with Crippen molar-refractivity contribution in [2.45, 2.75) is 0 Å². The van der Waals surface area contributed by atoms with E-state index in [4.69, 9.17) is 13.9 Å². The van der Waals surface area contributed by atoms with Crippen LogP contribution in [0, 0.1) is 0 Å². The van der Waals surface area contributed by atoms with E-state index in [1.165, 1.54) is 11.8 Å². The van der Waals surface area contributed by atoms with Gasteiger partial charge in [0.1, 0.15) is 0 Å². The number of carbonyl (C=O) groups excluding carboxylic acids is 1. The second kappa shape index (κ2) is 6.41. The Labute approximate surface area is 137 Å². The van der Waals surface area contributed by atoms with E-state index in [1.807, 2.05) is 0 Å². The molecule has 0 bridgehead atoms. The highest BCUT2D eigenvalue weighted by Gasteiger charge is 2.15. The number of anilines is 1. The lowest BCUT2D eigenvalue weighted by Gasteiger charge is -2.07. The maximum absolute atomic E-state index is 12.0. The number of rotatable bonds is 5. The second-order valence-corrected chi connectivity index (χ2v) is 4.81. The number of hydrogen-bond donors (Lipinski definition) is 1. The molecule has 0 aliphatic heterocycles. The van der Waals surface area contributed by atoms with Crippen LogP contribution in [0.4, 0.5) is 6.01 Å². The molecule has 9 heteroatoms. The number of aromatic nitrogens is 4. The fourth-order valence-electron chi connectivity index (χ4n) is 2.06. The molecule has 0 spiro atoms. The molecular formula is C15H15N5O4. The lowest BCUT2D eigenvalue weighted by Crippen LogP contribution is -2.13. The van der Waals surface area contributed by atoms with Crippen LogP contribution in [0.15, 0.2) is 34.9 Å². The van der Waals surface area contributed by atoms with Gasteiger partial charge in [-0.25, -0.2) is 0 Å². The minimum absolute atomic E-state index is 0.0181. The zero-order chi connectivity index (χ0) is 17.1. The highest BCUT2D eigenvalue weighted by molar-refractivity contribution is 6.01. The number of benzene rings is 1. The lowest BCUT2D eigenvalue weighted by molar-refractivity contribution is 0.101. The fourth-order valence-corrected chi connectivity index (χ4v) is 2.06. The van der Waals surface area contributed by atoms with Crippen molar-refractivity contribution in [2.75, 3.05) is 19.5 Å². The van der Waals surface area contributed by atoms with Crippen molar-refractivity contribution in [1.82, 2.24) is 20.0 Å². The number of carbonyl (C=O) groups is 1. The van der Waals surface area contributed by atoms with Crippen molar-refractivity contribution in [3.63, 3.8) is 0 Å². The summed E-state index contributed by atoms with van der Waals surface area (Å²) in [7, 11) is 4.81. The van der Waals surface area contributed by atoms with Crippen LogP contribution in [-0.4, -0.2) is 40.1 Å².